The van der Waals surface area contributed by atoms with E-state index in [2.05, 4.69) is 61.1 Å². The van der Waals surface area contributed by atoms with Gasteiger partial charge in [-0.3, -0.25) is 14.7 Å². The third-order valence-corrected chi connectivity index (χ3v) is 7.09. The van der Waals surface area contributed by atoms with E-state index in [1.165, 1.54) is 78.2 Å². The smallest absolute Gasteiger partial charge is 0.0126 e. The van der Waals surface area contributed by atoms with Crippen molar-refractivity contribution in [2.24, 2.45) is 5.92 Å². The summed E-state index contributed by atoms with van der Waals surface area (Å²) in [5.41, 5.74) is 0.675. The lowest BCUT2D eigenvalue weighted by molar-refractivity contribution is 0.0221. The molecular formula is C22H44N4. The lowest BCUT2D eigenvalue weighted by Gasteiger charge is -2.46. The Hall–Kier alpha value is -0.160. The predicted octanol–water partition coefficient (Wildman–Crippen LogP) is 2.99. The van der Waals surface area contributed by atoms with Gasteiger partial charge in [-0.15, -0.1) is 0 Å². The van der Waals surface area contributed by atoms with Gasteiger partial charge in [-0.05, 0) is 86.4 Å². The maximum absolute atomic E-state index is 2.79. The molecule has 1 unspecified atom stereocenters. The van der Waals surface area contributed by atoms with Gasteiger partial charge in [-0.25, -0.2) is 0 Å². The fraction of sp³-hybridized carbons (Fsp3) is 1.00. The lowest BCUT2D eigenvalue weighted by atomic mass is 9.99. The summed E-state index contributed by atoms with van der Waals surface area (Å²) in [6, 6.07) is 0.836. The van der Waals surface area contributed by atoms with Gasteiger partial charge in [0.2, 0.25) is 0 Å². The van der Waals surface area contributed by atoms with E-state index in [4.69, 9.17) is 0 Å². The maximum atomic E-state index is 2.79. The highest BCUT2D eigenvalue weighted by atomic mass is 15.3. The summed E-state index contributed by atoms with van der Waals surface area (Å²) in [5, 5.41) is 0. The van der Waals surface area contributed by atoms with Crippen LogP contribution < -0.4 is 0 Å². The van der Waals surface area contributed by atoms with Crippen molar-refractivity contribution >= 4 is 0 Å². The maximum Gasteiger partial charge on any atom is 0.0126 e. The molecule has 4 heteroatoms. The Morgan fingerprint density at radius 2 is 1.23 bits per heavy atom. The quantitative estimate of drug-likeness (QED) is 0.763. The first-order valence-corrected chi connectivity index (χ1v) is 11.1. The van der Waals surface area contributed by atoms with Crippen LogP contribution in [0.25, 0.3) is 0 Å². The summed E-state index contributed by atoms with van der Waals surface area (Å²) in [6.07, 6.45) is 4.16. The molecule has 0 aliphatic carbocycles. The first kappa shape index (κ1) is 20.6. The molecule has 1 atom stereocenters. The van der Waals surface area contributed by atoms with Crippen LogP contribution in [-0.4, -0.2) is 95.6 Å². The molecule has 0 radical (unpaired) electrons. The van der Waals surface area contributed by atoms with Gasteiger partial charge in [0.05, 0.1) is 0 Å². The molecule has 0 saturated carbocycles. The molecular weight excluding hydrogens is 320 g/mol. The summed E-state index contributed by atoms with van der Waals surface area (Å²) in [6.45, 7) is 25.7. The fourth-order valence-corrected chi connectivity index (χ4v) is 5.18. The van der Waals surface area contributed by atoms with Crippen molar-refractivity contribution < 1.29 is 0 Å². The molecule has 3 fully saturated rings. The number of hydrogen-bond donors (Lipinski definition) is 0. The van der Waals surface area contributed by atoms with E-state index in [0.717, 1.165) is 12.0 Å². The summed E-state index contributed by atoms with van der Waals surface area (Å²) in [4.78, 5) is 10.9. The van der Waals surface area contributed by atoms with Crippen LogP contribution in [0, 0.1) is 5.92 Å². The Kier molecular flexibility index (Phi) is 6.38. The molecule has 3 saturated heterocycles. The molecule has 3 rings (SSSR count). The zero-order chi connectivity index (χ0) is 18.9. The Balaban J connectivity index is 1.38. The van der Waals surface area contributed by atoms with E-state index in [0.29, 0.717) is 11.1 Å². The first-order chi connectivity index (χ1) is 12.1. The Morgan fingerprint density at radius 1 is 0.654 bits per heavy atom. The van der Waals surface area contributed by atoms with Crippen LogP contribution in [0.4, 0.5) is 0 Å². The third kappa shape index (κ3) is 5.21. The predicted molar refractivity (Wildman–Crippen MR) is 112 cm³/mol. The van der Waals surface area contributed by atoms with Gasteiger partial charge in [0.25, 0.3) is 0 Å². The van der Waals surface area contributed by atoms with Crippen molar-refractivity contribution in [1.29, 1.82) is 0 Å². The second kappa shape index (κ2) is 8.06. The molecule has 152 valence electrons. The summed E-state index contributed by atoms with van der Waals surface area (Å²) >= 11 is 0. The van der Waals surface area contributed by atoms with E-state index in [9.17, 15) is 0 Å². The molecule has 4 nitrogen and oxygen atoms in total. The van der Waals surface area contributed by atoms with Crippen LogP contribution >= 0.6 is 0 Å². The van der Waals surface area contributed by atoms with Gasteiger partial charge in [0, 0.05) is 56.4 Å². The monoisotopic (exact) mass is 364 g/mol. The van der Waals surface area contributed by atoms with E-state index < -0.39 is 0 Å². The van der Waals surface area contributed by atoms with Crippen molar-refractivity contribution in [1.82, 2.24) is 19.6 Å². The second-order valence-corrected chi connectivity index (χ2v) is 11.0. The molecule has 0 bridgehead atoms. The van der Waals surface area contributed by atoms with Crippen molar-refractivity contribution in [3.63, 3.8) is 0 Å². The Bertz CT molecular complexity index is 434. The van der Waals surface area contributed by atoms with Crippen LogP contribution in [0.1, 0.15) is 60.8 Å². The minimum atomic E-state index is 0.331. The van der Waals surface area contributed by atoms with Crippen molar-refractivity contribution in [3.8, 4) is 0 Å². The number of hydrogen-bond acceptors (Lipinski definition) is 4. The van der Waals surface area contributed by atoms with Crippen LogP contribution in [0.5, 0.6) is 0 Å². The number of piperazine rings is 1. The van der Waals surface area contributed by atoms with Gasteiger partial charge in [-0.1, -0.05) is 0 Å². The van der Waals surface area contributed by atoms with Gasteiger partial charge < -0.3 is 4.90 Å². The van der Waals surface area contributed by atoms with Crippen molar-refractivity contribution in [2.45, 2.75) is 77.9 Å². The SMILES string of the molecule is CC(C)(C)N1CCN(C2CCN(CC3CCN(C(C)(C)C)C3)CC2)CC1. The number of rotatable bonds is 3. The minimum absolute atomic E-state index is 0.331. The number of piperidine rings is 1. The van der Waals surface area contributed by atoms with Crippen LogP contribution in [-0.2, 0) is 0 Å². The van der Waals surface area contributed by atoms with E-state index in [1.54, 1.807) is 0 Å². The third-order valence-electron chi connectivity index (χ3n) is 7.09. The second-order valence-electron chi connectivity index (χ2n) is 11.0. The van der Waals surface area contributed by atoms with E-state index in [1.807, 2.05) is 0 Å². The molecule has 0 N–H and O–H groups in total. The normalized spacial score (nSPS) is 29.5. The van der Waals surface area contributed by atoms with Crippen molar-refractivity contribution in [2.75, 3.05) is 58.9 Å². The molecule has 0 amide bonds. The summed E-state index contributed by atoms with van der Waals surface area (Å²) < 4.78 is 0. The van der Waals surface area contributed by atoms with Crippen molar-refractivity contribution in [3.05, 3.63) is 0 Å². The Labute approximate surface area is 162 Å². The van der Waals surface area contributed by atoms with Gasteiger partial charge in [0.15, 0.2) is 0 Å². The van der Waals surface area contributed by atoms with Crippen LogP contribution in [0.3, 0.4) is 0 Å². The fourth-order valence-electron chi connectivity index (χ4n) is 5.18. The molecule has 0 aromatic carbocycles. The molecule has 3 aliphatic heterocycles. The molecule has 0 aromatic heterocycles. The lowest BCUT2D eigenvalue weighted by Crippen LogP contribution is -2.57. The molecule has 3 aliphatic rings. The molecule has 0 spiro atoms. The molecule has 0 aromatic rings. The zero-order valence-electron chi connectivity index (χ0n) is 18.4. The average molecular weight is 365 g/mol. The highest BCUT2D eigenvalue weighted by Gasteiger charge is 2.33. The standard InChI is InChI=1S/C22H44N4/c1-21(2,3)25-15-13-24(14-16-25)20-8-10-23(11-9-20)17-19-7-12-26(18-19)22(4,5)6/h19-20H,7-18H2,1-6H3. The van der Waals surface area contributed by atoms with Crippen LogP contribution in [0.15, 0.2) is 0 Å². The summed E-state index contributed by atoms with van der Waals surface area (Å²) in [5.74, 6) is 0.890. The first-order valence-electron chi connectivity index (χ1n) is 11.1. The number of nitrogens with zero attached hydrogens (tertiary/aromatic N) is 4. The van der Waals surface area contributed by atoms with Gasteiger partial charge >= 0.3 is 0 Å². The average Bonchev–Trinajstić information content (AvgIpc) is 3.04. The topological polar surface area (TPSA) is 13.0 Å². The largest absolute Gasteiger partial charge is 0.303 e. The molecule has 26 heavy (non-hydrogen) atoms. The Morgan fingerprint density at radius 3 is 1.73 bits per heavy atom. The van der Waals surface area contributed by atoms with Gasteiger partial charge in [0.1, 0.15) is 0 Å². The summed E-state index contributed by atoms with van der Waals surface area (Å²) in [7, 11) is 0. The number of likely N-dealkylation sites (tertiary alicyclic amines) is 2. The minimum Gasteiger partial charge on any atom is -0.303 e. The molecule has 3 heterocycles. The van der Waals surface area contributed by atoms with Gasteiger partial charge in [-0.2, -0.15) is 0 Å². The highest BCUT2D eigenvalue weighted by Crippen LogP contribution is 2.27. The van der Waals surface area contributed by atoms with E-state index in [-0.39, 0.29) is 0 Å². The highest BCUT2D eigenvalue weighted by molar-refractivity contribution is 4.89. The van der Waals surface area contributed by atoms with Crippen LogP contribution in [0.2, 0.25) is 0 Å². The zero-order valence-corrected chi connectivity index (χ0v) is 18.4. The van der Waals surface area contributed by atoms with E-state index >= 15 is 0 Å².